The summed E-state index contributed by atoms with van der Waals surface area (Å²) in [7, 11) is 0. The van der Waals surface area contributed by atoms with Gasteiger partial charge in [-0.2, -0.15) is 0 Å². The van der Waals surface area contributed by atoms with Crippen molar-refractivity contribution < 1.29 is 4.79 Å². The van der Waals surface area contributed by atoms with E-state index in [4.69, 9.17) is 0 Å². The zero-order valence-electron chi connectivity index (χ0n) is 15.0. The monoisotopic (exact) mass is 374 g/mol. The van der Waals surface area contributed by atoms with Gasteiger partial charge in [0.25, 0.3) is 5.56 Å². The highest BCUT2D eigenvalue weighted by Gasteiger charge is 2.14. The summed E-state index contributed by atoms with van der Waals surface area (Å²) in [4.78, 5) is 29.1. The summed E-state index contributed by atoms with van der Waals surface area (Å²) in [6.07, 6.45) is 1.36. The van der Waals surface area contributed by atoms with Crippen LogP contribution < -0.4 is 10.9 Å². The minimum absolute atomic E-state index is 0.125. The maximum Gasteiger partial charge on any atom is 0.283 e. The second-order valence-electron chi connectivity index (χ2n) is 6.34. The summed E-state index contributed by atoms with van der Waals surface area (Å²) in [5.41, 5.74) is 2.17. The fourth-order valence-electron chi connectivity index (χ4n) is 2.87. The molecular formula is C20H18N6O2. The van der Waals surface area contributed by atoms with E-state index in [1.165, 1.54) is 10.9 Å². The predicted octanol–water partition coefficient (Wildman–Crippen LogP) is 1.35. The van der Waals surface area contributed by atoms with Crippen LogP contribution in [-0.2, 0) is 24.4 Å². The maximum atomic E-state index is 12.6. The molecule has 0 aliphatic carbocycles. The standard InChI is InChI=1S/C20H18N6O2/c27-17(21-11-15-7-3-1-4-8-15)13-25-14-22-19-18(20(25)28)23-24-26(19)12-16-9-5-2-6-10-16/h1-10,14H,11-13H2,(H,21,27). The highest BCUT2D eigenvalue weighted by Crippen LogP contribution is 2.07. The smallest absolute Gasteiger partial charge is 0.283 e. The Morgan fingerprint density at radius 3 is 2.36 bits per heavy atom. The number of rotatable bonds is 6. The van der Waals surface area contributed by atoms with Crippen molar-refractivity contribution in [2.45, 2.75) is 19.6 Å². The van der Waals surface area contributed by atoms with Gasteiger partial charge in [-0.3, -0.25) is 14.2 Å². The van der Waals surface area contributed by atoms with Gasteiger partial charge in [0.05, 0.1) is 6.54 Å². The van der Waals surface area contributed by atoms with Gasteiger partial charge in [-0.25, -0.2) is 9.67 Å². The number of benzene rings is 2. The lowest BCUT2D eigenvalue weighted by molar-refractivity contribution is -0.121. The average molecular weight is 374 g/mol. The van der Waals surface area contributed by atoms with Crippen LogP contribution >= 0.6 is 0 Å². The summed E-state index contributed by atoms with van der Waals surface area (Å²) in [6, 6.07) is 19.3. The molecule has 0 aliphatic heterocycles. The number of hydrogen-bond acceptors (Lipinski definition) is 5. The van der Waals surface area contributed by atoms with E-state index in [9.17, 15) is 9.59 Å². The van der Waals surface area contributed by atoms with Crippen LogP contribution in [0.1, 0.15) is 11.1 Å². The molecule has 2 heterocycles. The van der Waals surface area contributed by atoms with Crippen molar-refractivity contribution in [3.63, 3.8) is 0 Å². The first-order chi connectivity index (χ1) is 13.7. The zero-order valence-corrected chi connectivity index (χ0v) is 15.0. The number of carbonyl (C=O) groups is 1. The van der Waals surface area contributed by atoms with Crippen LogP contribution in [0.25, 0.3) is 11.2 Å². The molecule has 0 aliphatic rings. The van der Waals surface area contributed by atoms with Gasteiger partial charge in [-0.15, -0.1) is 5.10 Å². The Morgan fingerprint density at radius 2 is 1.64 bits per heavy atom. The second-order valence-corrected chi connectivity index (χ2v) is 6.34. The molecule has 8 nitrogen and oxygen atoms in total. The number of carbonyl (C=O) groups excluding carboxylic acids is 1. The van der Waals surface area contributed by atoms with E-state index in [1.54, 1.807) is 4.68 Å². The molecule has 0 saturated carbocycles. The number of amides is 1. The van der Waals surface area contributed by atoms with Gasteiger partial charge in [0, 0.05) is 6.54 Å². The van der Waals surface area contributed by atoms with Crippen LogP contribution in [-0.4, -0.2) is 30.5 Å². The van der Waals surface area contributed by atoms with Gasteiger partial charge in [0.15, 0.2) is 11.2 Å². The lowest BCUT2D eigenvalue weighted by Gasteiger charge is -2.07. The fraction of sp³-hybridized carbons (Fsp3) is 0.150. The van der Waals surface area contributed by atoms with Crippen molar-refractivity contribution in [2.24, 2.45) is 0 Å². The molecule has 0 spiro atoms. The van der Waals surface area contributed by atoms with Crippen molar-refractivity contribution in [1.82, 2.24) is 29.9 Å². The number of hydrogen-bond donors (Lipinski definition) is 1. The van der Waals surface area contributed by atoms with Gasteiger partial charge in [-0.05, 0) is 11.1 Å². The number of fused-ring (bicyclic) bond motifs is 1. The molecule has 4 aromatic rings. The minimum Gasteiger partial charge on any atom is -0.350 e. The fourth-order valence-corrected chi connectivity index (χ4v) is 2.87. The summed E-state index contributed by atoms with van der Waals surface area (Å²) in [5.74, 6) is -0.274. The highest BCUT2D eigenvalue weighted by molar-refractivity contribution is 5.76. The average Bonchev–Trinajstić information content (AvgIpc) is 3.13. The predicted molar refractivity (Wildman–Crippen MR) is 103 cm³/mol. The Bertz CT molecular complexity index is 1150. The van der Waals surface area contributed by atoms with Gasteiger partial charge in [0.2, 0.25) is 5.91 Å². The van der Waals surface area contributed by atoms with E-state index in [-0.39, 0.29) is 23.5 Å². The van der Waals surface area contributed by atoms with Crippen molar-refractivity contribution in [3.8, 4) is 0 Å². The van der Waals surface area contributed by atoms with Crippen molar-refractivity contribution in [3.05, 3.63) is 88.5 Å². The molecular weight excluding hydrogens is 356 g/mol. The SMILES string of the molecule is O=C(Cn1cnc2c(nnn2Cc2ccccc2)c1=O)NCc1ccccc1. The Morgan fingerprint density at radius 1 is 0.964 bits per heavy atom. The third kappa shape index (κ3) is 3.80. The molecule has 4 rings (SSSR count). The van der Waals surface area contributed by atoms with Crippen LogP contribution in [0.4, 0.5) is 0 Å². The third-order valence-electron chi connectivity index (χ3n) is 4.31. The summed E-state index contributed by atoms with van der Waals surface area (Å²) in [6.45, 7) is 0.739. The Hall–Kier alpha value is -3.81. The van der Waals surface area contributed by atoms with E-state index >= 15 is 0 Å². The van der Waals surface area contributed by atoms with Crippen LogP contribution in [0.3, 0.4) is 0 Å². The molecule has 0 radical (unpaired) electrons. The summed E-state index contributed by atoms with van der Waals surface area (Å²) >= 11 is 0. The molecule has 0 bridgehead atoms. The van der Waals surface area contributed by atoms with Gasteiger partial charge >= 0.3 is 0 Å². The number of nitrogens with one attached hydrogen (secondary N) is 1. The van der Waals surface area contributed by atoms with Crippen molar-refractivity contribution in [2.75, 3.05) is 0 Å². The van der Waals surface area contributed by atoms with Crippen molar-refractivity contribution >= 4 is 17.1 Å². The maximum absolute atomic E-state index is 12.6. The lowest BCUT2D eigenvalue weighted by atomic mass is 10.2. The molecule has 2 aromatic heterocycles. The van der Waals surface area contributed by atoms with E-state index < -0.39 is 0 Å². The molecule has 1 N–H and O–H groups in total. The largest absolute Gasteiger partial charge is 0.350 e. The van der Waals surface area contributed by atoms with E-state index in [0.717, 1.165) is 11.1 Å². The summed E-state index contributed by atoms with van der Waals surface area (Å²) < 4.78 is 2.82. The minimum atomic E-state index is -0.390. The molecule has 28 heavy (non-hydrogen) atoms. The van der Waals surface area contributed by atoms with E-state index in [0.29, 0.717) is 18.7 Å². The van der Waals surface area contributed by atoms with Crippen LogP contribution in [0.2, 0.25) is 0 Å². The third-order valence-corrected chi connectivity index (χ3v) is 4.31. The van der Waals surface area contributed by atoms with Crippen LogP contribution in [0, 0.1) is 0 Å². The van der Waals surface area contributed by atoms with E-state index in [1.807, 2.05) is 60.7 Å². The molecule has 1 amide bonds. The zero-order chi connectivity index (χ0) is 19.3. The Labute approximate surface area is 160 Å². The highest BCUT2D eigenvalue weighted by atomic mass is 16.2. The first kappa shape index (κ1) is 17.6. The molecule has 0 atom stereocenters. The van der Waals surface area contributed by atoms with Crippen LogP contribution in [0.5, 0.6) is 0 Å². The Kier molecular flexibility index (Phi) is 4.92. The Balaban J connectivity index is 1.49. The lowest BCUT2D eigenvalue weighted by Crippen LogP contribution is -2.32. The van der Waals surface area contributed by atoms with Gasteiger partial charge in [0.1, 0.15) is 12.9 Å². The first-order valence-electron chi connectivity index (χ1n) is 8.84. The number of aromatic nitrogens is 5. The second kappa shape index (κ2) is 7.83. The molecule has 0 fully saturated rings. The first-order valence-corrected chi connectivity index (χ1v) is 8.84. The molecule has 8 heteroatoms. The van der Waals surface area contributed by atoms with E-state index in [2.05, 4.69) is 20.6 Å². The molecule has 0 unspecified atom stereocenters. The normalized spacial score (nSPS) is 10.9. The quantitative estimate of drug-likeness (QED) is 0.550. The summed E-state index contributed by atoms with van der Waals surface area (Å²) in [5, 5.41) is 10.8. The van der Waals surface area contributed by atoms with Crippen LogP contribution in [0.15, 0.2) is 71.8 Å². The van der Waals surface area contributed by atoms with Crippen molar-refractivity contribution in [1.29, 1.82) is 0 Å². The van der Waals surface area contributed by atoms with Gasteiger partial charge in [-0.1, -0.05) is 65.9 Å². The molecule has 140 valence electrons. The van der Waals surface area contributed by atoms with Gasteiger partial charge < -0.3 is 5.32 Å². The topological polar surface area (TPSA) is 94.7 Å². The molecule has 2 aromatic carbocycles. The molecule has 0 saturated heterocycles. The number of nitrogens with zero attached hydrogens (tertiary/aromatic N) is 5.